The molecule has 0 fully saturated rings. The first kappa shape index (κ1) is 25.4. The smallest absolute Gasteiger partial charge is 0.338 e. The van der Waals surface area contributed by atoms with Crippen LogP contribution < -0.4 is 15.9 Å². The molecule has 0 saturated carbocycles. The Kier molecular flexibility index (Phi) is 6.71. The number of benzene rings is 7. The molecule has 0 atom stereocenters. The van der Waals surface area contributed by atoms with Crippen LogP contribution in [0.1, 0.15) is 16.8 Å². The fraction of sp³-hybridized carbons (Fsp3) is 0.0789. The molecule has 0 radical (unpaired) electrons. The summed E-state index contributed by atoms with van der Waals surface area (Å²) in [5, 5.41) is 10.8. The van der Waals surface area contributed by atoms with Gasteiger partial charge in [-0.15, -0.1) is 0 Å². The zero-order valence-corrected chi connectivity index (χ0v) is 23.6. The molecule has 41 heavy (non-hydrogen) atoms. The highest BCUT2D eigenvalue weighted by Gasteiger charge is 2.44. The maximum atomic E-state index is 13.5. The van der Waals surface area contributed by atoms with E-state index in [9.17, 15) is 4.79 Å². The molecule has 0 aromatic heterocycles. The Bertz CT molecular complexity index is 1840. The third-order valence-corrected chi connectivity index (χ3v) is 12.7. The Hall–Kier alpha value is -4.52. The molecular weight excluding hydrogens is 519 g/mol. The van der Waals surface area contributed by atoms with Crippen LogP contribution in [0.3, 0.4) is 0 Å². The van der Waals surface area contributed by atoms with Crippen molar-refractivity contribution >= 4 is 61.5 Å². The highest BCUT2D eigenvalue weighted by molar-refractivity contribution is 7.95. The van der Waals surface area contributed by atoms with Crippen molar-refractivity contribution in [3.05, 3.63) is 151 Å². The van der Waals surface area contributed by atoms with E-state index in [4.69, 9.17) is 4.74 Å². The third kappa shape index (κ3) is 4.46. The van der Waals surface area contributed by atoms with Crippen LogP contribution >= 0.6 is 7.26 Å². The lowest BCUT2D eigenvalue weighted by molar-refractivity contribution is 0.0508. The number of rotatable bonds is 8. The molecule has 0 aliphatic carbocycles. The van der Waals surface area contributed by atoms with Crippen molar-refractivity contribution in [1.82, 2.24) is 0 Å². The Labute approximate surface area is 240 Å². The Balaban J connectivity index is 1.19. The molecule has 0 aliphatic rings. The van der Waals surface area contributed by atoms with Crippen LogP contribution in [-0.4, -0.2) is 18.7 Å². The standard InChI is InChI=1S/C38H30O2P/c39-38(35-25-23-30-21-20-28-12-10-13-29-22-24-34(35)37(30)36(28)29)40-26-11-27-41(31-14-4-1-5-15-31,32-16-6-2-7-17-32)33-18-8-3-9-19-33/h1-10,12-25H,11,26-27H2/q+1. The zero-order chi connectivity index (χ0) is 27.6. The molecule has 0 aliphatic heterocycles. The molecule has 0 spiro atoms. The fourth-order valence-electron chi connectivity index (χ4n) is 6.34. The van der Waals surface area contributed by atoms with E-state index in [1.807, 2.05) is 12.1 Å². The van der Waals surface area contributed by atoms with Gasteiger partial charge >= 0.3 is 5.97 Å². The first-order chi connectivity index (χ1) is 20.3. The molecule has 0 bridgehead atoms. The first-order valence-electron chi connectivity index (χ1n) is 14.1. The topological polar surface area (TPSA) is 26.3 Å². The molecule has 3 heteroatoms. The van der Waals surface area contributed by atoms with Crippen molar-refractivity contribution in [2.24, 2.45) is 0 Å². The van der Waals surface area contributed by atoms with E-state index in [0.717, 1.165) is 28.7 Å². The van der Waals surface area contributed by atoms with Crippen molar-refractivity contribution in [2.45, 2.75) is 6.42 Å². The predicted molar refractivity (Wildman–Crippen MR) is 175 cm³/mol. The Morgan fingerprint density at radius 3 is 1.56 bits per heavy atom. The fourth-order valence-corrected chi connectivity index (χ4v) is 10.7. The number of esters is 1. The van der Waals surface area contributed by atoms with Crippen molar-refractivity contribution < 1.29 is 9.53 Å². The summed E-state index contributed by atoms with van der Waals surface area (Å²) in [5.41, 5.74) is 0.631. The van der Waals surface area contributed by atoms with Crippen molar-refractivity contribution in [3.8, 4) is 0 Å². The molecule has 7 aromatic rings. The third-order valence-electron chi connectivity index (χ3n) is 8.21. The molecular formula is C38H30O2P+. The maximum Gasteiger partial charge on any atom is 0.338 e. The second-order valence-corrected chi connectivity index (χ2v) is 14.1. The normalized spacial score (nSPS) is 11.8. The maximum absolute atomic E-state index is 13.5. The van der Waals surface area contributed by atoms with Gasteiger partial charge in [0.25, 0.3) is 0 Å². The predicted octanol–water partition coefficient (Wildman–Crippen LogP) is 8.13. The second-order valence-electron chi connectivity index (χ2n) is 10.5. The van der Waals surface area contributed by atoms with Gasteiger partial charge in [-0.1, -0.05) is 103 Å². The minimum absolute atomic E-state index is 0.258. The van der Waals surface area contributed by atoms with Gasteiger partial charge in [0.05, 0.1) is 18.3 Å². The lowest BCUT2D eigenvalue weighted by Gasteiger charge is -2.27. The van der Waals surface area contributed by atoms with Crippen molar-refractivity contribution in [1.29, 1.82) is 0 Å². The van der Waals surface area contributed by atoms with E-state index in [2.05, 4.69) is 133 Å². The summed E-state index contributed by atoms with van der Waals surface area (Å²) in [7, 11) is -1.96. The summed E-state index contributed by atoms with van der Waals surface area (Å²) < 4.78 is 6.00. The lowest BCUT2D eigenvalue weighted by Crippen LogP contribution is -2.33. The number of carbonyl (C=O) groups is 1. The van der Waals surface area contributed by atoms with Crippen LogP contribution in [0.4, 0.5) is 0 Å². The number of ether oxygens (including phenoxy) is 1. The van der Waals surface area contributed by atoms with E-state index < -0.39 is 7.26 Å². The van der Waals surface area contributed by atoms with Crippen LogP contribution in [0.15, 0.2) is 146 Å². The van der Waals surface area contributed by atoms with Crippen LogP contribution in [0.2, 0.25) is 0 Å². The lowest BCUT2D eigenvalue weighted by atomic mass is 9.92. The van der Waals surface area contributed by atoms with E-state index in [1.54, 1.807) is 0 Å². The van der Waals surface area contributed by atoms with E-state index in [0.29, 0.717) is 12.2 Å². The van der Waals surface area contributed by atoms with Gasteiger partial charge < -0.3 is 4.74 Å². The molecule has 0 unspecified atom stereocenters. The van der Waals surface area contributed by atoms with Gasteiger partial charge in [0.15, 0.2) is 0 Å². The van der Waals surface area contributed by atoms with Crippen molar-refractivity contribution in [2.75, 3.05) is 12.8 Å². The van der Waals surface area contributed by atoms with Gasteiger partial charge in [0.1, 0.15) is 23.2 Å². The van der Waals surface area contributed by atoms with Gasteiger partial charge in [0, 0.05) is 6.42 Å². The monoisotopic (exact) mass is 549 g/mol. The second kappa shape index (κ2) is 10.8. The Morgan fingerprint density at radius 1 is 0.512 bits per heavy atom. The molecule has 7 aromatic carbocycles. The largest absolute Gasteiger partial charge is 0.462 e. The summed E-state index contributed by atoms with van der Waals surface area (Å²) in [4.78, 5) is 13.5. The highest BCUT2D eigenvalue weighted by atomic mass is 31.2. The molecule has 2 nitrogen and oxygen atoms in total. The summed E-state index contributed by atoms with van der Waals surface area (Å²) in [6, 6.07) is 51.3. The van der Waals surface area contributed by atoms with Crippen LogP contribution in [0, 0.1) is 0 Å². The Morgan fingerprint density at radius 2 is 1.00 bits per heavy atom. The minimum Gasteiger partial charge on any atom is -0.462 e. The number of hydrogen-bond acceptors (Lipinski definition) is 2. The van der Waals surface area contributed by atoms with Crippen LogP contribution in [0.25, 0.3) is 32.3 Å². The summed E-state index contributed by atoms with van der Waals surface area (Å²) >= 11 is 0. The van der Waals surface area contributed by atoms with Gasteiger partial charge in [-0.2, -0.15) is 0 Å². The molecule has 0 heterocycles. The molecule has 198 valence electrons. The number of hydrogen-bond donors (Lipinski definition) is 0. The highest BCUT2D eigenvalue weighted by Crippen LogP contribution is 2.55. The van der Waals surface area contributed by atoms with Crippen LogP contribution in [0.5, 0.6) is 0 Å². The van der Waals surface area contributed by atoms with Crippen molar-refractivity contribution in [3.63, 3.8) is 0 Å². The average Bonchev–Trinajstić information content (AvgIpc) is 3.05. The summed E-state index contributed by atoms with van der Waals surface area (Å²) in [6.45, 7) is 0.370. The first-order valence-corrected chi connectivity index (χ1v) is 16.1. The van der Waals surface area contributed by atoms with E-state index in [1.165, 1.54) is 32.1 Å². The van der Waals surface area contributed by atoms with Gasteiger partial charge in [-0.05, 0) is 74.8 Å². The molecule has 0 N–H and O–H groups in total. The molecule has 0 amide bonds. The van der Waals surface area contributed by atoms with E-state index in [-0.39, 0.29) is 5.97 Å². The van der Waals surface area contributed by atoms with Crippen LogP contribution in [-0.2, 0) is 4.74 Å². The number of carbonyl (C=O) groups excluding carboxylic acids is 1. The van der Waals surface area contributed by atoms with Gasteiger partial charge in [-0.3, -0.25) is 0 Å². The summed E-state index contributed by atoms with van der Waals surface area (Å²) in [5.74, 6) is -0.258. The molecule has 0 saturated heterocycles. The minimum atomic E-state index is -1.96. The van der Waals surface area contributed by atoms with E-state index >= 15 is 0 Å². The van der Waals surface area contributed by atoms with Gasteiger partial charge in [-0.25, -0.2) is 4.79 Å². The van der Waals surface area contributed by atoms with Gasteiger partial charge in [0.2, 0.25) is 0 Å². The zero-order valence-electron chi connectivity index (χ0n) is 22.7. The SMILES string of the molecule is O=C(OCCC[P+](c1ccccc1)(c1ccccc1)c1ccccc1)c1ccc2ccc3cccc4ccc1c2c34. The quantitative estimate of drug-likeness (QED) is 0.0828. The average molecular weight is 550 g/mol. The summed E-state index contributed by atoms with van der Waals surface area (Å²) in [6.07, 6.45) is 1.68. The molecule has 7 rings (SSSR count).